The molecule has 29 heavy (non-hydrogen) atoms. The number of nitrogens with one attached hydrogen (secondary N) is 1. The average molecular weight is 418 g/mol. The molecule has 3 N–H and O–H groups in total. The molecule has 3 rings (SSSR count). The molecule has 2 heterocycles. The lowest BCUT2D eigenvalue weighted by Crippen LogP contribution is -2.44. The summed E-state index contributed by atoms with van der Waals surface area (Å²) >= 11 is 1.78. The number of carbonyl (C=O) groups excluding carboxylic acids is 1. The molecular weight excluding hydrogens is 390 g/mol. The normalized spacial score (nSPS) is 16.9. The third kappa shape index (κ3) is 5.22. The predicted molar refractivity (Wildman–Crippen MR) is 113 cm³/mol. The van der Waals surface area contributed by atoms with Gasteiger partial charge in [-0.15, -0.1) is 0 Å². The highest BCUT2D eigenvalue weighted by molar-refractivity contribution is 7.99. The van der Waals surface area contributed by atoms with E-state index < -0.39 is 22.6 Å². The van der Waals surface area contributed by atoms with E-state index in [9.17, 15) is 19.8 Å². The molecule has 0 spiro atoms. The Morgan fingerprint density at radius 2 is 1.97 bits per heavy atom. The first-order valence-corrected chi connectivity index (χ1v) is 10.9. The number of aromatic hydroxyl groups is 1. The van der Waals surface area contributed by atoms with E-state index in [0.29, 0.717) is 25.0 Å². The second-order valence-electron chi connectivity index (χ2n) is 7.61. The molecule has 156 valence electrons. The summed E-state index contributed by atoms with van der Waals surface area (Å²) in [4.78, 5) is 25.0. The molecule has 1 aliphatic rings. The third-order valence-corrected chi connectivity index (χ3v) is 6.37. The number of aliphatic hydroxyl groups excluding tert-OH is 1. The van der Waals surface area contributed by atoms with Crippen LogP contribution in [0.2, 0.25) is 0 Å². The Labute approximate surface area is 174 Å². The molecular formula is C22H27NO5S. The number of aryl methyl sites for hydroxylation is 1. The fourth-order valence-electron chi connectivity index (χ4n) is 3.86. The van der Waals surface area contributed by atoms with Crippen LogP contribution in [0.3, 0.4) is 0 Å². The molecule has 0 radical (unpaired) electrons. The van der Waals surface area contributed by atoms with Crippen LogP contribution in [-0.4, -0.2) is 40.3 Å². The van der Waals surface area contributed by atoms with E-state index in [1.807, 2.05) is 30.3 Å². The van der Waals surface area contributed by atoms with Crippen molar-refractivity contribution < 1.29 is 19.4 Å². The number of aliphatic hydroxyl groups is 1. The van der Waals surface area contributed by atoms with E-state index >= 15 is 0 Å². The maximum atomic E-state index is 12.9. The molecule has 1 amide bonds. The number of hydrogen-bond acceptors (Lipinski definition) is 6. The molecule has 0 unspecified atom stereocenters. The zero-order valence-electron chi connectivity index (χ0n) is 16.5. The SMILES string of the molecule is Cc1cc(=O)c(O)c(C2(CC(=O)N[C@@H](CO)Cc3ccccc3)CCSCC2)o1. The summed E-state index contributed by atoms with van der Waals surface area (Å²) in [5.74, 6) is 1.63. The molecule has 0 saturated carbocycles. The Morgan fingerprint density at radius 1 is 1.28 bits per heavy atom. The van der Waals surface area contributed by atoms with Gasteiger partial charge in [0.25, 0.3) is 0 Å². The minimum absolute atomic E-state index is 0.0960. The first-order chi connectivity index (χ1) is 13.9. The largest absolute Gasteiger partial charge is 0.502 e. The minimum atomic E-state index is -0.725. The first-order valence-electron chi connectivity index (χ1n) is 9.79. The molecule has 1 aliphatic heterocycles. The molecule has 7 heteroatoms. The summed E-state index contributed by atoms with van der Waals surface area (Å²) in [6.07, 6.45) is 1.89. The molecule has 1 aromatic heterocycles. The van der Waals surface area contributed by atoms with Crippen molar-refractivity contribution in [1.29, 1.82) is 0 Å². The van der Waals surface area contributed by atoms with Gasteiger partial charge in [-0.1, -0.05) is 30.3 Å². The second-order valence-corrected chi connectivity index (χ2v) is 8.83. The number of amides is 1. The quantitative estimate of drug-likeness (QED) is 0.640. The van der Waals surface area contributed by atoms with Gasteiger partial charge in [0.2, 0.25) is 17.1 Å². The molecule has 0 bridgehead atoms. The molecule has 2 aromatic rings. The predicted octanol–water partition coefficient (Wildman–Crippen LogP) is 2.53. The van der Waals surface area contributed by atoms with Crippen LogP contribution in [0.1, 0.15) is 36.3 Å². The van der Waals surface area contributed by atoms with Gasteiger partial charge in [-0.2, -0.15) is 11.8 Å². The van der Waals surface area contributed by atoms with Crippen molar-refractivity contribution in [3.63, 3.8) is 0 Å². The molecule has 6 nitrogen and oxygen atoms in total. The fourth-order valence-corrected chi connectivity index (χ4v) is 5.13. The van der Waals surface area contributed by atoms with Gasteiger partial charge in [-0.05, 0) is 43.3 Å². The number of thioether (sulfide) groups is 1. The number of hydrogen-bond donors (Lipinski definition) is 3. The van der Waals surface area contributed by atoms with Crippen LogP contribution < -0.4 is 10.7 Å². The van der Waals surface area contributed by atoms with Gasteiger partial charge in [0.05, 0.1) is 12.6 Å². The van der Waals surface area contributed by atoms with Crippen molar-refractivity contribution in [3.05, 3.63) is 63.7 Å². The summed E-state index contributed by atoms with van der Waals surface area (Å²) < 4.78 is 5.77. The van der Waals surface area contributed by atoms with Gasteiger partial charge in [0.1, 0.15) is 5.76 Å². The second kappa shape index (κ2) is 9.50. The van der Waals surface area contributed by atoms with E-state index in [1.54, 1.807) is 18.7 Å². The van der Waals surface area contributed by atoms with Gasteiger partial charge in [-0.3, -0.25) is 9.59 Å². The molecule has 1 aromatic carbocycles. The van der Waals surface area contributed by atoms with Crippen LogP contribution in [0.25, 0.3) is 0 Å². The lowest BCUT2D eigenvalue weighted by molar-refractivity contribution is -0.123. The standard InChI is InChI=1S/C22H27NO5S/c1-15-11-18(25)20(27)21(28-15)22(7-9-29-10-8-22)13-19(26)23-17(14-24)12-16-5-3-2-4-6-16/h2-6,11,17,24,27H,7-10,12-14H2,1H3,(H,23,26)/t17-/m1/s1. The van der Waals surface area contributed by atoms with Crippen molar-refractivity contribution in [3.8, 4) is 5.75 Å². The smallest absolute Gasteiger partial charge is 0.227 e. The Hall–Kier alpha value is -2.25. The van der Waals surface area contributed by atoms with Gasteiger partial charge in [0.15, 0.2) is 5.76 Å². The highest BCUT2D eigenvalue weighted by Gasteiger charge is 2.41. The van der Waals surface area contributed by atoms with Gasteiger partial charge >= 0.3 is 0 Å². The number of rotatable bonds is 7. The maximum Gasteiger partial charge on any atom is 0.227 e. The van der Waals surface area contributed by atoms with Gasteiger partial charge in [-0.25, -0.2) is 0 Å². The highest BCUT2D eigenvalue weighted by atomic mass is 32.2. The van der Waals surface area contributed by atoms with Crippen molar-refractivity contribution >= 4 is 17.7 Å². The van der Waals surface area contributed by atoms with Crippen molar-refractivity contribution in [2.45, 2.75) is 44.1 Å². The van der Waals surface area contributed by atoms with E-state index in [4.69, 9.17) is 4.42 Å². The Balaban J connectivity index is 1.80. The van der Waals surface area contributed by atoms with Gasteiger partial charge in [0, 0.05) is 17.9 Å². The van der Waals surface area contributed by atoms with Crippen LogP contribution in [0.4, 0.5) is 0 Å². The lowest BCUT2D eigenvalue weighted by atomic mass is 9.75. The van der Waals surface area contributed by atoms with Crippen molar-refractivity contribution in [1.82, 2.24) is 5.32 Å². The first kappa shape index (κ1) is 21.5. The highest BCUT2D eigenvalue weighted by Crippen LogP contribution is 2.44. The zero-order valence-corrected chi connectivity index (χ0v) is 17.3. The van der Waals surface area contributed by atoms with Crippen LogP contribution >= 0.6 is 11.8 Å². The molecule has 1 saturated heterocycles. The topological polar surface area (TPSA) is 99.8 Å². The number of carbonyl (C=O) groups is 1. The van der Waals surface area contributed by atoms with E-state index in [0.717, 1.165) is 17.1 Å². The molecule has 1 fully saturated rings. The van der Waals surface area contributed by atoms with Crippen LogP contribution in [0, 0.1) is 6.92 Å². The van der Waals surface area contributed by atoms with E-state index in [-0.39, 0.29) is 24.7 Å². The fraction of sp³-hybridized carbons (Fsp3) is 0.455. The number of benzene rings is 1. The average Bonchev–Trinajstić information content (AvgIpc) is 2.71. The summed E-state index contributed by atoms with van der Waals surface area (Å²) in [6.45, 7) is 1.49. The summed E-state index contributed by atoms with van der Waals surface area (Å²) in [6, 6.07) is 10.5. The molecule has 1 atom stereocenters. The Bertz CT molecular complexity index is 890. The lowest BCUT2D eigenvalue weighted by Gasteiger charge is -2.36. The Morgan fingerprint density at radius 3 is 2.62 bits per heavy atom. The summed E-state index contributed by atoms with van der Waals surface area (Å²) in [5, 5.41) is 23.0. The van der Waals surface area contributed by atoms with Gasteiger partial charge < -0.3 is 19.9 Å². The Kier molecular flexibility index (Phi) is 7.03. The molecule has 0 aliphatic carbocycles. The maximum absolute atomic E-state index is 12.9. The summed E-state index contributed by atoms with van der Waals surface area (Å²) in [7, 11) is 0. The third-order valence-electron chi connectivity index (χ3n) is 5.39. The zero-order chi connectivity index (χ0) is 20.9. The monoisotopic (exact) mass is 417 g/mol. The van der Waals surface area contributed by atoms with Crippen molar-refractivity contribution in [2.24, 2.45) is 0 Å². The summed E-state index contributed by atoms with van der Waals surface area (Å²) in [5.41, 5.74) is -0.186. The van der Waals surface area contributed by atoms with Crippen LogP contribution in [-0.2, 0) is 16.6 Å². The van der Waals surface area contributed by atoms with E-state index in [1.165, 1.54) is 6.07 Å². The minimum Gasteiger partial charge on any atom is -0.502 e. The van der Waals surface area contributed by atoms with E-state index in [2.05, 4.69) is 5.32 Å². The van der Waals surface area contributed by atoms with Crippen molar-refractivity contribution in [2.75, 3.05) is 18.1 Å². The van der Waals surface area contributed by atoms with Crippen LogP contribution in [0.15, 0.2) is 45.6 Å². The van der Waals surface area contributed by atoms with Crippen LogP contribution in [0.5, 0.6) is 5.75 Å².